The van der Waals surface area contributed by atoms with E-state index in [0.717, 1.165) is 31.6 Å². The first-order valence-corrected chi connectivity index (χ1v) is 8.15. The summed E-state index contributed by atoms with van der Waals surface area (Å²) >= 11 is 5.94. The molecule has 1 aromatic carbocycles. The van der Waals surface area contributed by atoms with Crippen LogP contribution in [0.25, 0.3) is 0 Å². The number of carbonyl (C=O) groups is 2. The molecule has 24 heavy (non-hydrogen) atoms. The van der Waals surface area contributed by atoms with Gasteiger partial charge < -0.3 is 20.5 Å². The summed E-state index contributed by atoms with van der Waals surface area (Å²) in [6, 6.07) is 6.74. The predicted molar refractivity (Wildman–Crippen MR) is 94.8 cm³/mol. The first kappa shape index (κ1) is 16.4. The molecule has 1 saturated heterocycles. The van der Waals surface area contributed by atoms with Gasteiger partial charge in [-0.15, -0.1) is 0 Å². The lowest BCUT2D eigenvalue weighted by atomic mass is 10.1. The van der Waals surface area contributed by atoms with E-state index in [0.29, 0.717) is 22.0 Å². The van der Waals surface area contributed by atoms with Gasteiger partial charge in [0.15, 0.2) is 0 Å². The normalized spacial score (nSPS) is 14.0. The summed E-state index contributed by atoms with van der Waals surface area (Å²) in [5, 5.41) is 3.38. The number of anilines is 2. The monoisotopic (exact) mass is 346 g/mol. The maximum Gasteiger partial charge on any atom is 0.272 e. The van der Waals surface area contributed by atoms with Crippen LogP contribution in [-0.4, -0.2) is 29.5 Å². The molecule has 1 fully saturated rings. The van der Waals surface area contributed by atoms with E-state index < -0.39 is 5.91 Å². The minimum Gasteiger partial charge on any atom is -0.370 e. The average molecular weight is 347 g/mol. The third-order valence-electron chi connectivity index (χ3n) is 4.18. The zero-order valence-electron chi connectivity index (χ0n) is 13.4. The van der Waals surface area contributed by atoms with E-state index in [-0.39, 0.29) is 5.91 Å². The van der Waals surface area contributed by atoms with Crippen molar-refractivity contribution in [2.45, 2.75) is 12.8 Å². The molecule has 6 nitrogen and oxygen atoms in total. The summed E-state index contributed by atoms with van der Waals surface area (Å²) in [5.41, 5.74) is 7.64. The smallest absolute Gasteiger partial charge is 0.272 e. The molecule has 0 spiro atoms. The van der Waals surface area contributed by atoms with E-state index in [1.54, 1.807) is 36.0 Å². The number of nitrogens with two attached hydrogens (primary N) is 1. The lowest BCUT2D eigenvalue weighted by molar-refractivity contribution is 0.0995. The van der Waals surface area contributed by atoms with Crippen LogP contribution < -0.4 is 16.0 Å². The lowest BCUT2D eigenvalue weighted by Gasteiger charge is -2.22. The molecule has 1 aromatic heterocycles. The molecule has 2 heterocycles. The lowest BCUT2D eigenvalue weighted by Crippen LogP contribution is -2.23. The number of amides is 2. The van der Waals surface area contributed by atoms with Gasteiger partial charge in [-0.1, -0.05) is 11.6 Å². The SMILES string of the molecule is Cn1cc(Cl)cc1C(=O)Nc1cc(C(N)=O)ccc1N1CCCC1. The molecule has 0 bridgehead atoms. The second kappa shape index (κ2) is 6.57. The minimum absolute atomic E-state index is 0.286. The van der Waals surface area contributed by atoms with Gasteiger partial charge in [-0.3, -0.25) is 9.59 Å². The highest BCUT2D eigenvalue weighted by Crippen LogP contribution is 2.30. The summed E-state index contributed by atoms with van der Waals surface area (Å²) in [6.45, 7) is 1.85. The first-order valence-electron chi connectivity index (χ1n) is 7.78. The van der Waals surface area contributed by atoms with E-state index in [9.17, 15) is 9.59 Å². The van der Waals surface area contributed by atoms with Crippen LogP contribution in [-0.2, 0) is 7.05 Å². The third-order valence-corrected chi connectivity index (χ3v) is 4.39. The molecule has 2 aromatic rings. The second-order valence-corrected chi connectivity index (χ2v) is 6.34. The van der Waals surface area contributed by atoms with Crippen LogP contribution in [0.4, 0.5) is 11.4 Å². The van der Waals surface area contributed by atoms with Crippen LogP contribution in [0.2, 0.25) is 5.02 Å². The molecule has 0 radical (unpaired) electrons. The van der Waals surface area contributed by atoms with Crippen LogP contribution in [0.5, 0.6) is 0 Å². The number of hydrogen-bond donors (Lipinski definition) is 2. The van der Waals surface area contributed by atoms with Crippen molar-refractivity contribution in [2.24, 2.45) is 12.8 Å². The van der Waals surface area contributed by atoms with Gasteiger partial charge in [0.1, 0.15) is 5.69 Å². The zero-order valence-corrected chi connectivity index (χ0v) is 14.1. The quantitative estimate of drug-likeness (QED) is 0.893. The van der Waals surface area contributed by atoms with Crippen LogP contribution in [0.15, 0.2) is 30.5 Å². The molecule has 1 aliphatic heterocycles. The number of rotatable bonds is 4. The van der Waals surface area contributed by atoms with Crippen LogP contribution in [0, 0.1) is 0 Å². The van der Waals surface area contributed by atoms with Gasteiger partial charge in [0.25, 0.3) is 5.91 Å². The number of nitrogens with one attached hydrogen (secondary N) is 1. The van der Waals surface area contributed by atoms with Crippen molar-refractivity contribution in [3.05, 3.63) is 46.7 Å². The Labute approximate surface area is 145 Å². The molecular weight excluding hydrogens is 328 g/mol. The average Bonchev–Trinajstić information content (AvgIpc) is 3.16. The zero-order chi connectivity index (χ0) is 17.3. The number of primary amides is 1. The second-order valence-electron chi connectivity index (χ2n) is 5.90. The Kier molecular flexibility index (Phi) is 4.49. The number of nitrogens with zero attached hydrogens (tertiary/aromatic N) is 2. The highest BCUT2D eigenvalue weighted by molar-refractivity contribution is 6.31. The van der Waals surface area contributed by atoms with Crippen LogP contribution >= 0.6 is 11.6 Å². The fourth-order valence-electron chi connectivity index (χ4n) is 2.96. The van der Waals surface area contributed by atoms with Gasteiger partial charge in [-0.25, -0.2) is 0 Å². The van der Waals surface area contributed by atoms with E-state index in [1.807, 2.05) is 6.07 Å². The number of hydrogen-bond acceptors (Lipinski definition) is 3. The minimum atomic E-state index is -0.527. The highest BCUT2D eigenvalue weighted by Gasteiger charge is 2.20. The van der Waals surface area contributed by atoms with Crippen molar-refractivity contribution in [1.29, 1.82) is 0 Å². The molecule has 3 rings (SSSR count). The Hall–Kier alpha value is -2.47. The maximum absolute atomic E-state index is 12.6. The van der Waals surface area contributed by atoms with Crippen LogP contribution in [0.3, 0.4) is 0 Å². The Balaban J connectivity index is 1.94. The van der Waals surface area contributed by atoms with Crippen LogP contribution in [0.1, 0.15) is 33.7 Å². The molecule has 2 amide bonds. The first-order chi connectivity index (χ1) is 11.5. The van der Waals surface area contributed by atoms with Crippen molar-refractivity contribution in [3.63, 3.8) is 0 Å². The van der Waals surface area contributed by atoms with Gasteiger partial charge in [0.05, 0.1) is 16.4 Å². The maximum atomic E-state index is 12.6. The van der Waals surface area contributed by atoms with Crippen molar-refractivity contribution in [2.75, 3.05) is 23.3 Å². The van der Waals surface area contributed by atoms with Gasteiger partial charge in [-0.05, 0) is 37.1 Å². The fraction of sp³-hybridized carbons (Fsp3) is 0.294. The van der Waals surface area contributed by atoms with E-state index in [2.05, 4.69) is 10.2 Å². The highest BCUT2D eigenvalue weighted by atomic mass is 35.5. The summed E-state index contributed by atoms with van der Waals surface area (Å²) in [4.78, 5) is 26.2. The molecule has 7 heteroatoms. The van der Waals surface area contributed by atoms with Crippen molar-refractivity contribution in [1.82, 2.24) is 4.57 Å². The molecule has 1 aliphatic rings. The predicted octanol–water partition coefficient (Wildman–Crippen LogP) is 2.63. The van der Waals surface area contributed by atoms with E-state index in [1.165, 1.54) is 0 Å². The Morgan fingerprint density at radius 3 is 2.50 bits per heavy atom. The Morgan fingerprint density at radius 2 is 1.92 bits per heavy atom. The Morgan fingerprint density at radius 1 is 1.21 bits per heavy atom. The Bertz CT molecular complexity index is 794. The number of aromatic nitrogens is 1. The fourth-order valence-corrected chi connectivity index (χ4v) is 3.21. The van der Waals surface area contributed by atoms with E-state index in [4.69, 9.17) is 17.3 Å². The third kappa shape index (κ3) is 3.23. The largest absolute Gasteiger partial charge is 0.370 e. The van der Waals surface area contributed by atoms with Crippen molar-refractivity contribution < 1.29 is 9.59 Å². The standard InChI is InChI=1S/C17H19ClN4O2/c1-21-10-12(18)9-15(21)17(24)20-13-8-11(16(19)23)4-5-14(13)22-6-2-3-7-22/h4-5,8-10H,2-3,6-7H2,1H3,(H2,19,23)(H,20,24). The summed E-state index contributed by atoms with van der Waals surface area (Å²) in [7, 11) is 1.75. The number of aryl methyl sites for hydroxylation is 1. The summed E-state index contributed by atoms with van der Waals surface area (Å²) in [5.74, 6) is -0.813. The number of carbonyl (C=O) groups excluding carboxylic acids is 2. The van der Waals surface area contributed by atoms with Gasteiger partial charge in [0, 0.05) is 31.9 Å². The van der Waals surface area contributed by atoms with Gasteiger partial charge >= 0.3 is 0 Å². The molecule has 0 unspecified atom stereocenters. The van der Waals surface area contributed by atoms with Gasteiger partial charge in [0.2, 0.25) is 5.91 Å². The van der Waals surface area contributed by atoms with E-state index >= 15 is 0 Å². The van der Waals surface area contributed by atoms with Crippen molar-refractivity contribution in [3.8, 4) is 0 Å². The molecule has 126 valence electrons. The number of halogens is 1. The molecule has 0 aliphatic carbocycles. The summed E-state index contributed by atoms with van der Waals surface area (Å²) < 4.78 is 1.66. The molecule has 3 N–H and O–H groups in total. The summed E-state index contributed by atoms with van der Waals surface area (Å²) in [6.07, 6.45) is 3.88. The molecule has 0 atom stereocenters. The number of benzene rings is 1. The van der Waals surface area contributed by atoms with Crippen molar-refractivity contribution >= 4 is 34.8 Å². The molecular formula is C17H19ClN4O2. The van der Waals surface area contributed by atoms with Gasteiger partial charge in [-0.2, -0.15) is 0 Å². The topological polar surface area (TPSA) is 80.4 Å². The molecule has 0 saturated carbocycles.